The molecule has 0 radical (unpaired) electrons. The third-order valence-corrected chi connectivity index (χ3v) is 3.71. The molecule has 0 amide bonds. The Bertz CT molecular complexity index is 220. The van der Waals surface area contributed by atoms with Gasteiger partial charge in [-0.05, 0) is 18.2 Å². The van der Waals surface area contributed by atoms with Gasteiger partial charge in [-0.2, -0.15) is 13.2 Å². The molecule has 0 aromatic rings. The average Bonchev–Trinajstić information content (AvgIpc) is 2.08. The van der Waals surface area contributed by atoms with Crippen LogP contribution in [0.5, 0.6) is 0 Å². The number of hydrogen-bond donors (Lipinski definition) is 2. The van der Waals surface area contributed by atoms with Gasteiger partial charge in [-0.1, -0.05) is 13.8 Å². The van der Waals surface area contributed by atoms with E-state index in [4.69, 9.17) is 0 Å². The highest BCUT2D eigenvalue weighted by molar-refractivity contribution is 8.00. The van der Waals surface area contributed by atoms with E-state index < -0.39 is 5.51 Å². The van der Waals surface area contributed by atoms with Crippen LogP contribution in [0.1, 0.15) is 20.3 Å². The summed E-state index contributed by atoms with van der Waals surface area (Å²) >= 11 is -0.0139. The Morgan fingerprint density at radius 3 is 2.47 bits per heavy atom. The molecule has 90 valence electrons. The number of aliphatic hydroxyl groups excluding tert-OH is 1. The Hall–Kier alpha value is 0.0600. The van der Waals surface area contributed by atoms with Gasteiger partial charge in [-0.3, -0.25) is 0 Å². The summed E-state index contributed by atoms with van der Waals surface area (Å²) in [5.74, 6) is 0.0200. The maximum absolute atomic E-state index is 11.8. The smallest absolute Gasteiger partial charge is 0.392 e. The molecule has 0 aliphatic heterocycles. The van der Waals surface area contributed by atoms with Crippen LogP contribution in [0.4, 0.5) is 13.2 Å². The molecule has 1 rings (SSSR count). The fourth-order valence-corrected chi connectivity index (χ4v) is 2.10. The van der Waals surface area contributed by atoms with Crippen molar-refractivity contribution in [2.75, 3.05) is 12.3 Å². The Labute approximate surface area is 91.6 Å². The SMILES string of the molecule is CC1(C)C(O)CC1NCCSC(F)(F)F. The first-order valence-corrected chi connectivity index (χ1v) is 5.84. The van der Waals surface area contributed by atoms with E-state index in [1.54, 1.807) is 0 Å². The number of hydrogen-bond acceptors (Lipinski definition) is 3. The van der Waals surface area contributed by atoms with Gasteiger partial charge in [0, 0.05) is 23.8 Å². The number of nitrogens with one attached hydrogen (secondary N) is 1. The van der Waals surface area contributed by atoms with Crippen molar-refractivity contribution in [3.63, 3.8) is 0 Å². The summed E-state index contributed by atoms with van der Waals surface area (Å²) in [5, 5.41) is 12.4. The van der Waals surface area contributed by atoms with Crippen LogP contribution in [0.25, 0.3) is 0 Å². The molecular weight excluding hydrogens is 227 g/mol. The van der Waals surface area contributed by atoms with Crippen molar-refractivity contribution in [2.45, 2.75) is 37.9 Å². The standard InChI is InChI=1S/C9H16F3NOS/c1-8(2)6(5-7(8)14)13-3-4-15-9(10,11)12/h6-7,13-14H,3-5H2,1-2H3. The summed E-state index contributed by atoms with van der Waals surface area (Å²) in [4.78, 5) is 0. The van der Waals surface area contributed by atoms with E-state index in [0.29, 0.717) is 13.0 Å². The van der Waals surface area contributed by atoms with E-state index in [0.717, 1.165) is 0 Å². The Balaban J connectivity index is 2.12. The lowest BCUT2D eigenvalue weighted by molar-refractivity contribution is -0.0717. The molecule has 0 aromatic carbocycles. The first kappa shape index (κ1) is 13.1. The molecule has 1 saturated carbocycles. The minimum atomic E-state index is -4.14. The molecule has 2 N–H and O–H groups in total. The molecule has 6 heteroatoms. The van der Waals surface area contributed by atoms with Gasteiger partial charge in [0.05, 0.1) is 6.10 Å². The molecule has 0 heterocycles. The predicted octanol–water partition coefficient (Wildman–Crippen LogP) is 1.99. The highest BCUT2D eigenvalue weighted by Crippen LogP contribution is 2.40. The van der Waals surface area contributed by atoms with Crippen molar-refractivity contribution in [3.05, 3.63) is 0 Å². The summed E-state index contributed by atoms with van der Waals surface area (Å²) < 4.78 is 35.4. The molecule has 1 fully saturated rings. The molecule has 0 bridgehead atoms. The van der Waals surface area contributed by atoms with Gasteiger partial charge < -0.3 is 10.4 Å². The maximum Gasteiger partial charge on any atom is 0.441 e. The maximum atomic E-state index is 11.8. The van der Waals surface area contributed by atoms with Crippen LogP contribution in [0.2, 0.25) is 0 Å². The predicted molar refractivity (Wildman–Crippen MR) is 54.7 cm³/mol. The van der Waals surface area contributed by atoms with E-state index in [1.807, 2.05) is 13.8 Å². The van der Waals surface area contributed by atoms with Crippen LogP contribution >= 0.6 is 11.8 Å². The molecule has 15 heavy (non-hydrogen) atoms. The lowest BCUT2D eigenvalue weighted by Gasteiger charge is -2.49. The van der Waals surface area contributed by atoms with Crippen molar-refractivity contribution in [1.82, 2.24) is 5.32 Å². The molecule has 1 aliphatic rings. The monoisotopic (exact) mass is 243 g/mol. The van der Waals surface area contributed by atoms with Crippen LogP contribution < -0.4 is 5.32 Å². The van der Waals surface area contributed by atoms with Gasteiger partial charge in [-0.25, -0.2) is 0 Å². The highest BCUT2D eigenvalue weighted by Gasteiger charge is 2.46. The van der Waals surface area contributed by atoms with Crippen LogP contribution in [0, 0.1) is 5.41 Å². The molecular formula is C9H16F3NOS. The third kappa shape index (κ3) is 3.53. The molecule has 0 aromatic heterocycles. The Kier molecular flexibility index (Phi) is 3.95. The highest BCUT2D eigenvalue weighted by atomic mass is 32.2. The largest absolute Gasteiger partial charge is 0.441 e. The molecule has 2 nitrogen and oxygen atoms in total. The summed E-state index contributed by atoms with van der Waals surface area (Å²) in [6.45, 7) is 4.15. The Morgan fingerprint density at radius 2 is 2.07 bits per heavy atom. The van der Waals surface area contributed by atoms with Crippen molar-refractivity contribution in [1.29, 1.82) is 0 Å². The van der Waals surface area contributed by atoms with Crippen molar-refractivity contribution >= 4 is 11.8 Å². The van der Waals surface area contributed by atoms with Crippen molar-refractivity contribution in [3.8, 4) is 0 Å². The van der Waals surface area contributed by atoms with Gasteiger partial charge in [0.1, 0.15) is 0 Å². The van der Waals surface area contributed by atoms with Crippen LogP contribution in [-0.4, -0.2) is 35.1 Å². The molecule has 0 saturated heterocycles. The van der Waals surface area contributed by atoms with Gasteiger partial charge in [-0.15, -0.1) is 0 Å². The molecule has 1 aliphatic carbocycles. The lowest BCUT2D eigenvalue weighted by Crippen LogP contribution is -2.60. The van der Waals surface area contributed by atoms with Crippen LogP contribution in [-0.2, 0) is 0 Å². The van der Waals surface area contributed by atoms with Gasteiger partial charge in [0.15, 0.2) is 0 Å². The number of thioether (sulfide) groups is 1. The quantitative estimate of drug-likeness (QED) is 0.741. The fourth-order valence-electron chi connectivity index (χ4n) is 1.65. The topological polar surface area (TPSA) is 32.3 Å². The summed E-state index contributed by atoms with van der Waals surface area (Å²) in [7, 11) is 0. The zero-order valence-electron chi connectivity index (χ0n) is 8.77. The molecule has 2 atom stereocenters. The average molecular weight is 243 g/mol. The second-order valence-corrected chi connectivity index (χ2v) is 5.53. The van der Waals surface area contributed by atoms with Gasteiger partial charge >= 0.3 is 5.51 Å². The number of aliphatic hydroxyl groups is 1. The van der Waals surface area contributed by atoms with E-state index >= 15 is 0 Å². The number of rotatable bonds is 4. The third-order valence-electron chi connectivity index (χ3n) is 2.97. The minimum Gasteiger partial charge on any atom is -0.392 e. The van der Waals surface area contributed by atoms with Gasteiger partial charge in [0.2, 0.25) is 0 Å². The van der Waals surface area contributed by atoms with Gasteiger partial charge in [0.25, 0.3) is 0 Å². The zero-order chi connectivity index (χ0) is 11.7. The van der Waals surface area contributed by atoms with Crippen molar-refractivity contribution < 1.29 is 18.3 Å². The van der Waals surface area contributed by atoms with E-state index in [1.165, 1.54) is 0 Å². The zero-order valence-corrected chi connectivity index (χ0v) is 9.58. The molecule has 2 unspecified atom stereocenters. The lowest BCUT2D eigenvalue weighted by atomic mass is 9.64. The second-order valence-electron chi connectivity index (χ2n) is 4.37. The number of halogens is 3. The van der Waals surface area contributed by atoms with Crippen molar-refractivity contribution in [2.24, 2.45) is 5.41 Å². The first-order valence-electron chi connectivity index (χ1n) is 4.85. The normalized spacial score (nSPS) is 30.0. The van der Waals surface area contributed by atoms with E-state index in [-0.39, 0.29) is 35.1 Å². The fraction of sp³-hybridized carbons (Fsp3) is 1.00. The van der Waals surface area contributed by atoms with E-state index in [2.05, 4.69) is 5.32 Å². The van der Waals surface area contributed by atoms with Crippen LogP contribution in [0.3, 0.4) is 0 Å². The molecule has 0 spiro atoms. The summed E-state index contributed by atoms with van der Waals surface area (Å²) in [6.07, 6.45) is 0.286. The van der Waals surface area contributed by atoms with Crippen LogP contribution in [0.15, 0.2) is 0 Å². The summed E-state index contributed by atoms with van der Waals surface area (Å²) in [6, 6.07) is 0.126. The van der Waals surface area contributed by atoms with E-state index in [9.17, 15) is 18.3 Å². The second kappa shape index (κ2) is 4.51. The minimum absolute atomic E-state index is 0.0139. The summed E-state index contributed by atoms with van der Waals surface area (Å²) in [5.41, 5.74) is -4.36. The number of alkyl halides is 3. The Morgan fingerprint density at radius 1 is 1.47 bits per heavy atom. The first-order chi connectivity index (χ1) is 6.73.